The number of rotatable bonds is 3. The molecule has 128 valence electrons. The van der Waals surface area contributed by atoms with Gasteiger partial charge in [0.15, 0.2) is 0 Å². The number of pyridine rings is 1. The van der Waals surface area contributed by atoms with Gasteiger partial charge in [-0.15, -0.1) is 0 Å². The van der Waals surface area contributed by atoms with E-state index in [1.807, 2.05) is 0 Å². The lowest BCUT2D eigenvalue weighted by atomic mass is 9.89. The molecular weight excluding hydrogens is 310 g/mol. The Kier molecular flexibility index (Phi) is 4.04. The summed E-state index contributed by atoms with van der Waals surface area (Å²) < 4.78 is 2.16. The molecule has 0 saturated carbocycles. The second kappa shape index (κ2) is 6.36. The van der Waals surface area contributed by atoms with Crippen LogP contribution in [-0.4, -0.2) is 15.3 Å². The number of amides is 1. The van der Waals surface area contributed by atoms with Gasteiger partial charge in [0.05, 0.1) is 5.69 Å². The second-order valence-electron chi connectivity index (χ2n) is 7.08. The summed E-state index contributed by atoms with van der Waals surface area (Å²) in [6, 6.07) is 12.4. The summed E-state index contributed by atoms with van der Waals surface area (Å²) in [5.74, 6) is 0.173. The predicted molar refractivity (Wildman–Crippen MR) is 98.5 cm³/mol. The number of aromatic nitrogens is 2. The minimum atomic E-state index is 0.0263. The lowest BCUT2D eigenvalue weighted by Crippen LogP contribution is -2.34. The van der Waals surface area contributed by atoms with E-state index in [4.69, 9.17) is 4.98 Å². The number of nitrogens with one attached hydrogen (secondary N) is 1. The van der Waals surface area contributed by atoms with Gasteiger partial charge in [-0.05, 0) is 43.9 Å². The van der Waals surface area contributed by atoms with Crippen molar-refractivity contribution in [2.45, 2.75) is 39.7 Å². The average molecular weight is 333 g/mol. The number of nitrogens with zero attached hydrogens (tertiary/aromatic N) is 2. The lowest BCUT2D eigenvalue weighted by molar-refractivity contribution is -0.125. The SMILES string of the molecule is Cc1ccc(CNC(=O)C2CCc3nc4ccc(C)cn4c3C2)cc1. The van der Waals surface area contributed by atoms with Crippen LogP contribution >= 0.6 is 0 Å². The Labute approximate surface area is 147 Å². The summed E-state index contributed by atoms with van der Waals surface area (Å²) in [4.78, 5) is 17.4. The molecular formula is C21H23N3O. The first-order valence-electron chi connectivity index (χ1n) is 8.90. The van der Waals surface area contributed by atoms with Crippen LogP contribution in [0.1, 0.15) is 34.5 Å². The lowest BCUT2D eigenvalue weighted by Gasteiger charge is -2.21. The molecule has 3 aromatic rings. The molecule has 2 heterocycles. The average Bonchev–Trinajstić information content (AvgIpc) is 2.98. The molecule has 0 saturated heterocycles. The molecule has 1 aliphatic rings. The van der Waals surface area contributed by atoms with E-state index in [9.17, 15) is 4.79 Å². The molecule has 2 aromatic heterocycles. The van der Waals surface area contributed by atoms with Gasteiger partial charge in [0.2, 0.25) is 5.91 Å². The van der Waals surface area contributed by atoms with Gasteiger partial charge in [0, 0.05) is 30.8 Å². The van der Waals surface area contributed by atoms with E-state index >= 15 is 0 Å². The fourth-order valence-electron chi connectivity index (χ4n) is 3.57. The molecule has 1 atom stereocenters. The number of aryl methyl sites for hydroxylation is 3. The quantitative estimate of drug-likeness (QED) is 0.799. The number of benzene rings is 1. The maximum Gasteiger partial charge on any atom is 0.223 e. The monoisotopic (exact) mass is 333 g/mol. The molecule has 4 heteroatoms. The number of hydrogen-bond donors (Lipinski definition) is 1. The first kappa shape index (κ1) is 15.9. The number of fused-ring (bicyclic) bond motifs is 3. The fraction of sp³-hybridized carbons (Fsp3) is 0.333. The molecule has 1 N–H and O–H groups in total. The summed E-state index contributed by atoms with van der Waals surface area (Å²) in [6.07, 6.45) is 4.63. The molecule has 1 aromatic carbocycles. The Balaban J connectivity index is 1.47. The van der Waals surface area contributed by atoms with E-state index < -0.39 is 0 Å². The van der Waals surface area contributed by atoms with Gasteiger partial charge in [0.1, 0.15) is 5.65 Å². The van der Waals surface area contributed by atoms with Crippen molar-refractivity contribution in [2.75, 3.05) is 0 Å². The first-order valence-corrected chi connectivity index (χ1v) is 8.90. The van der Waals surface area contributed by atoms with Crippen molar-refractivity contribution in [3.8, 4) is 0 Å². The highest BCUT2D eigenvalue weighted by Gasteiger charge is 2.27. The van der Waals surface area contributed by atoms with Crippen LogP contribution in [0.25, 0.3) is 5.65 Å². The van der Waals surface area contributed by atoms with Crippen LogP contribution in [0.5, 0.6) is 0 Å². The molecule has 1 aliphatic carbocycles. The van der Waals surface area contributed by atoms with Gasteiger partial charge >= 0.3 is 0 Å². The third kappa shape index (κ3) is 3.16. The number of carbonyl (C=O) groups excluding carboxylic acids is 1. The standard InChI is InChI=1S/C21H23N3O/c1-14-3-6-16(7-4-14)12-22-21(25)17-8-9-18-19(11-17)24-13-15(2)5-10-20(24)23-18/h3-7,10,13,17H,8-9,11-12H2,1-2H3,(H,22,25). The van der Waals surface area contributed by atoms with E-state index in [1.54, 1.807) is 0 Å². The summed E-state index contributed by atoms with van der Waals surface area (Å²) in [5.41, 5.74) is 6.90. The molecule has 0 bridgehead atoms. The van der Waals surface area contributed by atoms with Gasteiger partial charge in [-0.2, -0.15) is 0 Å². The minimum absolute atomic E-state index is 0.0263. The van der Waals surface area contributed by atoms with Gasteiger partial charge in [0.25, 0.3) is 0 Å². The molecule has 0 radical (unpaired) electrons. The summed E-state index contributed by atoms with van der Waals surface area (Å²) >= 11 is 0. The molecule has 4 rings (SSSR count). The van der Waals surface area contributed by atoms with Gasteiger partial charge in [-0.1, -0.05) is 35.9 Å². The van der Waals surface area contributed by atoms with Crippen molar-refractivity contribution in [3.63, 3.8) is 0 Å². The molecule has 1 unspecified atom stereocenters. The van der Waals surface area contributed by atoms with Crippen molar-refractivity contribution in [2.24, 2.45) is 5.92 Å². The third-order valence-corrected chi connectivity index (χ3v) is 5.08. The zero-order chi connectivity index (χ0) is 17.4. The molecule has 0 aliphatic heterocycles. The van der Waals surface area contributed by atoms with Crippen LogP contribution in [0.3, 0.4) is 0 Å². The highest BCUT2D eigenvalue weighted by atomic mass is 16.1. The molecule has 0 spiro atoms. The van der Waals surface area contributed by atoms with Crippen LogP contribution in [0.15, 0.2) is 42.6 Å². The van der Waals surface area contributed by atoms with Crippen molar-refractivity contribution in [1.82, 2.24) is 14.7 Å². The van der Waals surface area contributed by atoms with E-state index in [-0.39, 0.29) is 11.8 Å². The number of imidazole rings is 1. The smallest absolute Gasteiger partial charge is 0.223 e. The Bertz CT molecular complexity index is 924. The Hall–Kier alpha value is -2.62. The Morgan fingerprint density at radius 1 is 1.16 bits per heavy atom. The fourth-order valence-corrected chi connectivity index (χ4v) is 3.57. The van der Waals surface area contributed by atoms with Gasteiger partial charge in [-0.25, -0.2) is 4.98 Å². The Morgan fingerprint density at radius 2 is 1.92 bits per heavy atom. The zero-order valence-electron chi connectivity index (χ0n) is 14.7. The number of hydrogen-bond acceptors (Lipinski definition) is 2. The highest BCUT2D eigenvalue weighted by molar-refractivity contribution is 5.79. The number of carbonyl (C=O) groups is 1. The van der Waals surface area contributed by atoms with E-state index in [2.05, 4.69) is 66.2 Å². The first-order chi connectivity index (χ1) is 12.1. The maximum absolute atomic E-state index is 12.6. The van der Waals surface area contributed by atoms with Crippen molar-refractivity contribution in [3.05, 3.63) is 70.7 Å². The van der Waals surface area contributed by atoms with Crippen LogP contribution in [-0.2, 0) is 24.2 Å². The molecule has 0 fully saturated rings. The van der Waals surface area contributed by atoms with E-state index in [1.165, 1.54) is 16.8 Å². The predicted octanol–water partition coefficient (Wildman–Crippen LogP) is 3.37. The molecule has 4 nitrogen and oxygen atoms in total. The molecule has 1 amide bonds. The van der Waals surface area contributed by atoms with Crippen LogP contribution in [0.4, 0.5) is 0 Å². The van der Waals surface area contributed by atoms with Crippen molar-refractivity contribution in [1.29, 1.82) is 0 Å². The zero-order valence-corrected chi connectivity index (χ0v) is 14.7. The van der Waals surface area contributed by atoms with Crippen molar-refractivity contribution < 1.29 is 4.79 Å². The normalized spacial score (nSPS) is 16.6. The summed E-state index contributed by atoms with van der Waals surface area (Å²) in [5, 5.41) is 3.10. The van der Waals surface area contributed by atoms with E-state index in [0.717, 1.165) is 36.2 Å². The van der Waals surface area contributed by atoms with Crippen LogP contribution in [0.2, 0.25) is 0 Å². The van der Waals surface area contributed by atoms with Gasteiger partial charge < -0.3 is 9.72 Å². The maximum atomic E-state index is 12.6. The van der Waals surface area contributed by atoms with E-state index in [0.29, 0.717) is 6.54 Å². The van der Waals surface area contributed by atoms with Crippen LogP contribution in [0, 0.1) is 19.8 Å². The summed E-state index contributed by atoms with van der Waals surface area (Å²) in [7, 11) is 0. The summed E-state index contributed by atoms with van der Waals surface area (Å²) in [6.45, 7) is 4.74. The molecule has 25 heavy (non-hydrogen) atoms. The van der Waals surface area contributed by atoms with Crippen LogP contribution < -0.4 is 5.32 Å². The van der Waals surface area contributed by atoms with Gasteiger partial charge in [-0.3, -0.25) is 4.79 Å². The Morgan fingerprint density at radius 3 is 2.72 bits per heavy atom. The minimum Gasteiger partial charge on any atom is -0.352 e. The van der Waals surface area contributed by atoms with Crippen molar-refractivity contribution >= 4 is 11.6 Å². The largest absolute Gasteiger partial charge is 0.352 e. The highest BCUT2D eigenvalue weighted by Crippen LogP contribution is 2.27. The second-order valence-corrected chi connectivity index (χ2v) is 7.08. The topological polar surface area (TPSA) is 46.4 Å². The third-order valence-electron chi connectivity index (χ3n) is 5.08.